The summed E-state index contributed by atoms with van der Waals surface area (Å²) in [5.74, 6) is -0.200. The third-order valence-corrected chi connectivity index (χ3v) is 3.38. The van der Waals surface area contributed by atoms with Gasteiger partial charge in [0, 0.05) is 18.7 Å². The van der Waals surface area contributed by atoms with Crippen LogP contribution in [-0.2, 0) is 16.0 Å². The molecule has 20 heavy (non-hydrogen) atoms. The second kappa shape index (κ2) is 5.27. The largest absolute Gasteiger partial charge is 0.465 e. The zero-order valence-corrected chi connectivity index (χ0v) is 12.5. The summed E-state index contributed by atoms with van der Waals surface area (Å²) in [5, 5.41) is 0. The van der Waals surface area contributed by atoms with E-state index in [2.05, 4.69) is 20.8 Å². The van der Waals surface area contributed by atoms with Crippen LogP contribution in [0.4, 0.5) is 5.69 Å². The number of amides is 1. The maximum absolute atomic E-state index is 12.3. The number of hydrogen-bond acceptors (Lipinski definition) is 3. The topological polar surface area (TPSA) is 46.6 Å². The Hall–Kier alpha value is -1.84. The number of rotatable bonds is 2. The highest BCUT2D eigenvalue weighted by Gasteiger charge is 2.28. The monoisotopic (exact) mass is 275 g/mol. The molecule has 2 rings (SSSR count). The fourth-order valence-corrected chi connectivity index (χ4v) is 2.45. The number of methoxy groups -OCH3 is 1. The average molecular weight is 275 g/mol. The van der Waals surface area contributed by atoms with Gasteiger partial charge >= 0.3 is 5.97 Å². The highest BCUT2D eigenvalue weighted by atomic mass is 16.5. The summed E-state index contributed by atoms with van der Waals surface area (Å²) in [6.07, 6.45) is 1.31. The van der Waals surface area contributed by atoms with Gasteiger partial charge in [0.1, 0.15) is 0 Å². The Morgan fingerprint density at radius 1 is 1.30 bits per heavy atom. The minimum absolute atomic E-state index is 0.0220. The molecule has 0 saturated carbocycles. The van der Waals surface area contributed by atoms with Gasteiger partial charge in [-0.25, -0.2) is 4.79 Å². The lowest BCUT2D eigenvalue weighted by Gasteiger charge is -2.23. The molecule has 0 saturated heterocycles. The molecule has 0 N–H and O–H groups in total. The highest BCUT2D eigenvalue weighted by molar-refractivity contribution is 5.97. The standard InChI is InChI=1S/C16H21NO3/c1-16(2,3)10-14(18)17-8-7-11-9-12(15(19)20-4)5-6-13(11)17/h5-6,9H,7-8,10H2,1-4H3. The molecule has 0 aliphatic carbocycles. The fourth-order valence-electron chi connectivity index (χ4n) is 2.45. The maximum atomic E-state index is 12.3. The first-order valence-corrected chi connectivity index (χ1v) is 6.83. The molecule has 1 aromatic rings. The zero-order chi connectivity index (χ0) is 14.9. The number of ether oxygens (including phenoxy) is 1. The predicted octanol–water partition coefficient (Wildman–Crippen LogP) is 2.80. The highest BCUT2D eigenvalue weighted by Crippen LogP contribution is 2.31. The number of benzene rings is 1. The van der Waals surface area contributed by atoms with Gasteiger partial charge in [0.15, 0.2) is 0 Å². The van der Waals surface area contributed by atoms with E-state index in [1.807, 2.05) is 17.0 Å². The third-order valence-electron chi connectivity index (χ3n) is 3.38. The van der Waals surface area contributed by atoms with Crippen LogP contribution in [0.2, 0.25) is 0 Å². The summed E-state index contributed by atoms with van der Waals surface area (Å²) >= 11 is 0. The van der Waals surface area contributed by atoms with Crippen LogP contribution >= 0.6 is 0 Å². The van der Waals surface area contributed by atoms with E-state index >= 15 is 0 Å². The fraction of sp³-hybridized carbons (Fsp3) is 0.500. The molecule has 1 aliphatic heterocycles. The molecule has 0 aromatic heterocycles. The van der Waals surface area contributed by atoms with Gasteiger partial charge < -0.3 is 9.64 Å². The minimum atomic E-state index is -0.340. The number of carbonyl (C=O) groups excluding carboxylic acids is 2. The number of anilines is 1. The van der Waals surface area contributed by atoms with Gasteiger partial charge in [-0.15, -0.1) is 0 Å². The minimum Gasteiger partial charge on any atom is -0.465 e. The van der Waals surface area contributed by atoms with E-state index in [1.165, 1.54) is 7.11 Å². The molecule has 0 fully saturated rings. The molecule has 0 unspecified atom stereocenters. The van der Waals surface area contributed by atoms with Crippen molar-refractivity contribution in [2.75, 3.05) is 18.6 Å². The first-order valence-electron chi connectivity index (χ1n) is 6.83. The van der Waals surface area contributed by atoms with Gasteiger partial charge in [0.2, 0.25) is 5.91 Å². The lowest BCUT2D eigenvalue weighted by molar-refractivity contribution is -0.120. The van der Waals surface area contributed by atoms with Crippen molar-refractivity contribution in [1.29, 1.82) is 0 Å². The van der Waals surface area contributed by atoms with E-state index < -0.39 is 0 Å². The molecule has 0 radical (unpaired) electrons. The van der Waals surface area contributed by atoms with E-state index in [9.17, 15) is 9.59 Å². The van der Waals surface area contributed by atoms with Crippen molar-refractivity contribution in [3.05, 3.63) is 29.3 Å². The Balaban J connectivity index is 2.21. The first kappa shape index (κ1) is 14.6. The summed E-state index contributed by atoms with van der Waals surface area (Å²) in [4.78, 5) is 25.7. The molecule has 0 bridgehead atoms. The Bertz CT molecular complexity index is 543. The molecule has 4 heteroatoms. The van der Waals surface area contributed by atoms with Crippen LogP contribution in [0.25, 0.3) is 0 Å². The van der Waals surface area contributed by atoms with Crippen molar-refractivity contribution in [2.24, 2.45) is 5.41 Å². The molecule has 1 aliphatic rings. The molecular formula is C16H21NO3. The molecule has 1 aromatic carbocycles. The van der Waals surface area contributed by atoms with Crippen molar-refractivity contribution < 1.29 is 14.3 Å². The quantitative estimate of drug-likeness (QED) is 0.780. The first-order chi connectivity index (χ1) is 9.31. The molecular weight excluding hydrogens is 254 g/mol. The summed E-state index contributed by atoms with van der Waals surface area (Å²) in [6, 6.07) is 5.38. The number of hydrogen-bond donors (Lipinski definition) is 0. The second-order valence-corrected chi connectivity index (χ2v) is 6.37. The predicted molar refractivity (Wildman–Crippen MR) is 77.9 cm³/mol. The molecule has 108 valence electrons. The SMILES string of the molecule is COC(=O)c1ccc2c(c1)CCN2C(=O)CC(C)(C)C. The Morgan fingerprint density at radius 2 is 2.00 bits per heavy atom. The number of carbonyl (C=O) groups is 2. The average Bonchev–Trinajstić information content (AvgIpc) is 2.78. The van der Waals surface area contributed by atoms with Crippen molar-refractivity contribution in [1.82, 2.24) is 0 Å². The normalized spacial score (nSPS) is 14.1. The van der Waals surface area contributed by atoms with Crippen LogP contribution in [0.15, 0.2) is 18.2 Å². The van der Waals surface area contributed by atoms with Crippen molar-refractivity contribution in [2.45, 2.75) is 33.6 Å². The van der Waals surface area contributed by atoms with Crippen LogP contribution in [0.3, 0.4) is 0 Å². The smallest absolute Gasteiger partial charge is 0.337 e. The van der Waals surface area contributed by atoms with E-state index in [-0.39, 0.29) is 17.3 Å². The molecule has 4 nitrogen and oxygen atoms in total. The third kappa shape index (κ3) is 3.00. The van der Waals surface area contributed by atoms with Gasteiger partial charge in [-0.05, 0) is 35.6 Å². The van der Waals surface area contributed by atoms with E-state index in [0.717, 1.165) is 17.7 Å². The van der Waals surface area contributed by atoms with Crippen LogP contribution < -0.4 is 4.90 Å². The summed E-state index contributed by atoms with van der Waals surface area (Å²) in [5.41, 5.74) is 2.48. The Morgan fingerprint density at radius 3 is 2.60 bits per heavy atom. The van der Waals surface area contributed by atoms with Gasteiger partial charge in [-0.2, -0.15) is 0 Å². The van der Waals surface area contributed by atoms with E-state index in [4.69, 9.17) is 4.74 Å². The van der Waals surface area contributed by atoms with Gasteiger partial charge in [-0.1, -0.05) is 20.8 Å². The van der Waals surface area contributed by atoms with Crippen LogP contribution in [0, 0.1) is 5.41 Å². The Kier molecular flexibility index (Phi) is 3.84. The lowest BCUT2D eigenvalue weighted by atomic mass is 9.91. The molecule has 0 atom stereocenters. The van der Waals surface area contributed by atoms with E-state index in [0.29, 0.717) is 18.5 Å². The maximum Gasteiger partial charge on any atom is 0.337 e. The Labute approximate surface area is 119 Å². The van der Waals surface area contributed by atoms with Crippen LogP contribution in [0.5, 0.6) is 0 Å². The molecule has 1 amide bonds. The summed E-state index contributed by atoms with van der Waals surface area (Å²) in [7, 11) is 1.37. The number of esters is 1. The van der Waals surface area contributed by atoms with Gasteiger partial charge in [0.25, 0.3) is 0 Å². The van der Waals surface area contributed by atoms with Crippen molar-refractivity contribution >= 4 is 17.6 Å². The molecule has 1 heterocycles. The van der Waals surface area contributed by atoms with E-state index in [1.54, 1.807) is 6.07 Å². The zero-order valence-electron chi connectivity index (χ0n) is 12.5. The van der Waals surface area contributed by atoms with Crippen LogP contribution in [0.1, 0.15) is 43.1 Å². The molecule has 0 spiro atoms. The van der Waals surface area contributed by atoms with Gasteiger partial charge in [0.05, 0.1) is 12.7 Å². The summed E-state index contributed by atoms with van der Waals surface area (Å²) < 4.78 is 4.72. The van der Waals surface area contributed by atoms with Crippen molar-refractivity contribution in [3.8, 4) is 0 Å². The summed E-state index contributed by atoms with van der Waals surface area (Å²) in [6.45, 7) is 6.86. The van der Waals surface area contributed by atoms with Gasteiger partial charge in [-0.3, -0.25) is 4.79 Å². The lowest BCUT2D eigenvalue weighted by Crippen LogP contribution is -2.31. The number of fused-ring (bicyclic) bond motifs is 1. The number of nitrogens with zero attached hydrogens (tertiary/aromatic N) is 1. The second-order valence-electron chi connectivity index (χ2n) is 6.37. The van der Waals surface area contributed by atoms with Crippen LogP contribution in [-0.4, -0.2) is 25.5 Å². The van der Waals surface area contributed by atoms with Crippen molar-refractivity contribution in [3.63, 3.8) is 0 Å².